The van der Waals surface area contributed by atoms with Crippen LogP contribution < -0.4 is 10.7 Å². The van der Waals surface area contributed by atoms with Crippen molar-refractivity contribution in [2.75, 3.05) is 5.32 Å². The number of carbonyl (C=O) groups excluding carboxylic acids is 1. The average Bonchev–Trinajstić information content (AvgIpc) is 2.85. The molecule has 0 aliphatic carbocycles. The highest BCUT2D eigenvalue weighted by molar-refractivity contribution is 6.04. The van der Waals surface area contributed by atoms with E-state index < -0.39 is 17.8 Å². The maximum Gasteiger partial charge on any atom is 0.433 e. The molecule has 0 atom stereocenters. The molecule has 0 aliphatic heterocycles. The van der Waals surface area contributed by atoms with Crippen LogP contribution in [0.4, 0.5) is 18.9 Å². The highest BCUT2D eigenvalue weighted by Crippen LogP contribution is 2.30. The molecule has 0 radical (unpaired) electrons. The first-order chi connectivity index (χ1) is 16.7. The molecule has 0 fully saturated rings. The number of pyridine rings is 3. The number of nitrogens with zero attached hydrogens (tertiary/aromatic N) is 4. The van der Waals surface area contributed by atoms with Gasteiger partial charge in [-0.15, -0.1) is 0 Å². The zero-order valence-corrected chi connectivity index (χ0v) is 18.2. The monoisotopic (exact) mass is 475 g/mol. The van der Waals surface area contributed by atoms with Crippen LogP contribution in [0.15, 0.2) is 78.1 Å². The minimum Gasteiger partial charge on any atom is -0.322 e. The smallest absolute Gasteiger partial charge is 0.322 e. The minimum absolute atomic E-state index is 0.174. The summed E-state index contributed by atoms with van der Waals surface area (Å²) >= 11 is 0. The van der Waals surface area contributed by atoms with E-state index in [1.807, 2.05) is 6.92 Å². The highest BCUT2D eigenvalue weighted by atomic mass is 19.4. The molecule has 7 nitrogen and oxygen atoms in total. The van der Waals surface area contributed by atoms with E-state index in [9.17, 15) is 28.0 Å². The Morgan fingerprint density at radius 2 is 1.80 bits per heavy atom. The van der Waals surface area contributed by atoms with Gasteiger partial charge in [0, 0.05) is 53.7 Å². The molecule has 35 heavy (non-hydrogen) atoms. The summed E-state index contributed by atoms with van der Waals surface area (Å²) in [6, 6.07) is 13.3. The van der Waals surface area contributed by atoms with Crippen molar-refractivity contribution in [2.24, 2.45) is 0 Å². The van der Waals surface area contributed by atoms with Crippen LogP contribution in [0.25, 0.3) is 16.9 Å². The number of benzene rings is 1. The Hall–Kier alpha value is -4.78. The summed E-state index contributed by atoms with van der Waals surface area (Å²) < 4.78 is 40.3. The summed E-state index contributed by atoms with van der Waals surface area (Å²) in [5.74, 6) is -0.381. The summed E-state index contributed by atoms with van der Waals surface area (Å²) in [4.78, 5) is 31.6. The number of aryl methyl sites for hydroxylation is 1. The van der Waals surface area contributed by atoms with Crippen molar-refractivity contribution in [3.8, 4) is 23.0 Å². The standard InChI is InChI=1S/C25H16F3N5O2/c1-15-2-3-19(32-24(35)16-4-7-30-22(11-16)25(26,27)28)12-21(15)18-10-17(13-29)23(31-14-18)33-8-5-20(34)6-9-33/h2-12,14H,1H3,(H,32,35). The van der Waals surface area contributed by atoms with Gasteiger partial charge in [0.2, 0.25) is 0 Å². The van der Waals surface area contributed by atoms with Crippen molar-refractivity contribution < 1.29 is 18.0 Å². The first-order valence-electron chi connectivity index (χ1n) is 10.2. The van der Waals surface area contributed by atoms with Gasteiger partial charge in [0.05, 0.1) is 5.56 Å². The quantitative estimate of drug-likeness (QED) is 0.459. The fourth-order valence-corrected chi connectivity index (χ4v) is 3.39. The zero-order chi connectivity index (χ0) is 25.2. The average molecular weight is 475 g/mol. The minimum atomic E-state index is -4.67. The van der Waals surface area contributed by atoms with Gasteiger partial charge in [-0.2, -0.15) is 18.4 Å². The van der Waals surface area contributed by atoms with Crippen LogP contribution in [0, 0.1) is 18.3 Å². The normalized spacial score (nSPS) is 11.1. The van der Waals surface area contributed by atoms with E-state index >= 15 is 0 Å². The third-order valence-electron chi connectivity index (χ3n) is 5.15. The molecule has 174 valence electrons. The molecule has 0 aliphatic rings. The molecule has 4 aromatic rings. The molecule has 0 spiro atoms. The van der Waals surface area contributed by atoms with Gasteiger partial charge in [0.15, 0.2) is 11.2 Å². The highest BCUT2D eigenvalue weighted by Gasteiger charge is 2.33. The van der Waals surface area contributed by atoms with Crippen molar-refractivity contribution >= 4 is 11.6 Å². The molecular formula is C25H16F3N5O2. The molecular weight excluding hydrogens is 459 g/mol. The Labute approximate surface area is 197 Å². The van der Waals surface area contributed by atoms with Gasteiger partial charge in [-0.25, -0.2) is 4.98 Å². The Morgan fingerprint density at radius 3 is 2.49 bits per heavy atom. The Kier molecular flexibility index (Phi) is 6.16. The summed E-state index contributed by atoms with van der Waals surface area (Å²) in [6.07, 6.45) is 0.838. The summed E-state index contributed by atoms with van der Waals surface area (Å²) in [5.41, 5.74) is 1.19. The Morgan fingerprint density at radius 1 is 1.06 bits per heavy atom. The van der Waals surface area contributed by atoms with Crippen molar-refractivity contribution in [1.82, 2.24) is 14.5 Å². The third kappa shape index (κ3) is 5.09. The second-order valence-electron chi connectivity index (χ2n) is 7.56. The fourth-order valence-electron chi connectivity index (χ4n) is 3.39. The van der Waals surface area contributed by atoms with E-state index in [1.54, 1.807) is 35.0 Å². The van der Waals surface area contributed by atoms with Gasteiger partial charge >= 0.3 is 6.18 Å². The summed E-state index contributed by atoms with van der Waals surface area (Å²) in [7, 11) is 0. The van der Waals surface area contributed by atoms with Crippen LogP contribution in [0.1, 0.15) is 27.2 Å². The van der Waals surface area contributed by atoms with Gasteiger partial charge < -0.3 is 9.88 Å². The number of alkyl halides is 3. The predicted molar refractivity (Wildman–Crippen MR) is 122 cm³/mol. The van der Waals surface area contributed by atoms with Crippen LogP contribution in [0.3, 0.4) is 0 Å². The lowest BCUT2D eigenvalue weighted by atomic mass is 10.00. The molecule has 10 heteroatoms. The second kappa shape index (κ2) is 9.23. The van der Waals surface area contributed by atoms with Crippen LogP contribution in [-0.4, -0.2) is 20.4 Å². The van der Waals surface area contributed by atoms with Crippen LogP contribution >= 0.6 is 0 Å². The predicted octanol–water partition coefficient (Wildman–Crippen LogP) is 4.75. The number of amides is 1. The molecule has 3 aromatic heterocycles. The maximum atomic E-state index is 12.9. The molecule has 0 saturated heterocycles. The lowest BCUT2D eigenvalue weighted by Crippen LogP contribution is -2.15. The van der Waals surface area contributed by atoms with E-state index in [0.717, 1.165) is 11.8 Å². The van der Waals surface area contributed by atoms with Crippen LogP contribution in [0.5, 0.6) is 0 Å². The number of hydrogen-bond donors (Lipinski definition) is 1. The van der Waals surface area contributed by atoms with E-state index in [0.29, 0.717) is 28.7 Å². The number of nitrogens with one attached hydrogen (secondary N) is 1. The molecule has 0 saturated carbocycles. The number of aromatic nitrogens is 3. The lowest BCUT2D eigenvalue weighted by molar-refractivity contribution is -0.141. The zero-order valence-electron chi connectivity index (χ0n) is 18.2. The fraction of sp³-hybridized carbons (Fsp3) is 0.0800. The van der Waals surface area contributed by atoms with Gasteiger partial charge in [0.25, 0.3) is 5.91 Å². The Balaban J connectivity index is 1.65. The SMILES string of the molecule is Cc1ccc(NC(=O)c2ccnc(C(F)(F)F)c2)cc1-c1cnc(-n2ccc(=O)cc2)c(C#N)c1. The van der Waals surface area contributed by atoms with Gasteiger partial charge in [-0.3, -0.25) is 14.6 Å². The number of hydrogen-bond acceptors (Lipinski definition) is 5. The molecule has 1 N–H and O–H groups in total. The van der Waals surface area contributed by atoms with Gasteiger partial charge in [-0.1, -0.05) is 6.07 Å². The maximum absolute atomic E-state index is 12.9. The van der Waals surface area contributed by atoms with Gasteiger partial charge in [0.1, 0.15) is 11.8 Å². The van der Waals surface area contributed by atoms with Crippen molar-refractivity contribution in [3.63, 3.8) is 0 Å². The number of nitriles is 1. The molecule has 0 bridgehead atoms. The molecule has 0 unspecified atom stereocenters. The van der Waals surface area contributed by atoms with E-state index in [2.05, 4.69) is 21.4 Å². The topological polar surface area (TPSA) is 101 Å². The molecule has 3 heterocycles. The second-order valence-corrected chi connectivity index (χ2v) is 7.56. The lowest BCUT2D eigenvalue weighted by Gasteiger charge is -2.13. The summed E-state index contributed by atoms with van der Waals surface area (Å²) in [5, 5.41) is 12.2. The number of carbonyl (C=O) groups is 1. The van der Waals surface area contributed by atoms with Gasteiger partial charge in [-0.05, 0) is 48.4 Å². The molecule has 1 aromatic carbocycles. The number of rotatable bonds is 4. The molecule has 4 rings (SSSR count). The van der Waals surface area contributed by atoms with E-state index in [-0.39, 0.29) is 16.6 Å². The van der Waals surface area contributed by atoms with E-state index in [1.165, 1.54) is 30.6 Å². The first kappa shape index (κ1) is 23.4. The number of anilines is 1. The van der Waals surface area contributed by atoms with Crippen LogP contribution in [-0.2, 0) is 6.18 Å². The van der Waals surface area contributed by atoms with Crippen LogP contribution in [0.2, 0.25) is 0 Å². The number of halogens is 3. The van der Waals surface area contributed by atoms with E-state index in [4.69, 9.17) is 0 Å². The largest absolute Gasteiger partial charge is 0.433 e. The van der Waals surface area contributed by atoms with Crippen molar-refractivity contribution in [3.05, 3.63) is 106 Å². The Bertz CT molecular complexity index is 1520. The first-order valence-corrected chi connectivity index (χ1v) is 10.2. The third-order valence-corrected chi connectivity index (χ3v) is 5.15. The summed E-state index contributed by atoms with van der Waals surface area (Å²) in [6.45, 7) is 1.83. The molecule has 1 amide bonds. The van der Waals surface area contributed by atoms with Crippen molar-refractivity contribution in [1.29, 1.82) is 5.26 Å². The van der Waals surface area contributed by atoms with Crippen molar-refractivity contribution in [2.45, 2.75) is 13.1 Å².